The molecule has 0 saturated carbocycles. The molecule has 0 amide bonds. The van der Waals surface area contributed by atoms with E-state index >= 15 is 0 Å². The van der Waals surface area contributed by atoms with Crippen molar-refractivity contribution in [1.82, 2.24) is 14.6 Å². The standard InChI is InChI=1S/C12H21N3O3S/c1-9(2)11(8-15(3)4)14-19(17,18)10-5-6-12(16)13-7-10/h5-7,9,11,14H,8H2,1-4H3,(H,13,16). The van der Waals surface area contributed by atoms with Gasteiger partial charge in [-0.2, -0.15) is 0 Å². The second-order valence-corrected chi connectivity index (χ2v) is 6.84. The molecule has 1 aromatic rings. The van der Waals surface area contributed by atoms with E-state index in [-0.39, 0.29) is 22.4 Å². The number of pyridine rings is 1. The Morgan fingerprint density at radius 2 is 1.95 bits per heavy atom. The van der Waals surface area contributed by atoms with Crippen molar-refractivity contribution in [3.63, 3.8) is 0 Å². The van der Waals surface area contributed by atoms with Crippen molar-refractivity contribution in [2.45, 2.75) is 24.8 Å². The summed E-state index contributed by atoms with van der Waals surface area (Å²) in [5.41, 5.74) is -0.326. The summed E-state index contributed by atoms with van der Waals surface area (Å²) in [5, 5.41) is 0. The molecule has 1 aromatic heterocycles. The molecule has 6 nitrogen and oxygen atoms in total. The minimum atomic E-state index is -3.61. The van der Waals surface area contributed by atoms with Gasteiger partial charge in [-0.1, -0.05) is 13.8 Å². The normalized spacial score (nSPS) is 14.0. The maximum Gasteiger partial charge on any atom is 0.247 e. The second-order valence-electron chi connectivity index (χ2n) is 5.12. The SMILES string of the molecule is CC(C)C(CN(C)C)NS(=O)(=O)c1ccc(=O)[nH]c1. The lowest BCUT2D eigenvalue weighted by atomic mass is 10.1. The first-order valence-corrected chi connectivity index (χ1v) is 7.56. The van der Waals surface area contributed by atoms with Gasteiger partial charge in [0.15, 0.2) is 0 Å². The van der Waals surface area contributed by atoms with E-state index in [0.717, 1.165) is 0 Å². The maximum absolute atomic E-state index is 12.2. The Kier molecular flexibility index (Phi) is 5.28. The summed E-state index contributed by atoms with van der Waals surface area (Å²) in [5.74, 6) is 0.167. The van der Waals surface area contributed by atoms with E-state index in [1.54, 1.807) is 0 Å². The van der Waals surface area contributed by atoms with Crippen LogP contribution in [0.4, 0.5) is 0 Å². The Bertz CT molecular complexity index is 543. The third kappa shape index (κ3) is 4.77. The second kappa shape index (κ2) is 6.31. The third-order valence-corrected chi connectivity index (χ3v) is 4.23. The van der Waals surface area contributed by atoms with Crippen LogP contribution >= 0.6 is 0 Å². The monoisotopic (exact) mass is 287 g/mol. The predicted octanol–water partition coefficient (Wildman–Crippen LogP) is 0.239. The van der Waals surface area contributed by atoms with E-state index in [2.05, 4.69) is 9.71 Å². The molecule has 108 valence electrons. The van der Waals surface area contributed by atoms with Crippen molar-refractivity contribution < 1.29 is 8.42 Å². The molecule has 0 aromatic carbocycles. The molecule has 1 atom stereocenters. The molecule has 0 aliphatic heterocycles. The fourth-order valence-electron chi connectivity index (χ4n) is 1.61. The Labute approximate surface area is 113 Å². The summed E-state index contributed by atoms with van der Waals surface area (Å²) in [6.45, 7) is 4.54. The first-order valence-electron chi connectivity index (χ1n) is 6.08. The predicted molar refractivity (Wildman–Crippen MR) is 74.6 cm³/mol. The molecule has 0 bridgehead atoms. The van der Waals surface area contributed by atoms with Crippen molar-refractivity contribution in [2.75, 3.05) is 20.6 Å². The van der Waals surface area contributed by atoms with Gasteiger partial charge in [0.05, 0.1) is 4.90 Å². The topological polar surface area (TPSA) is 82.3 Å². The first-order chi connectivity index (χ1) is 8.72. The number of nitrogens with zero attached hydrogens (tertiary/aromatic N) is 1. The highest BCUT2D eigenvalue weighted by molar-refractivity contribution is 7.89. The van der Waals surface area contributed by atoms with Crippen molar-refractivity contribution >= 4 is 10.0 Å². The van der Waals surface area contributed by atoms with Crippen molar-refractivity contribution in [3.05, 3.63) is 28.7 Å². The number of sulfonamides is 1. The van der Waals surface area contributed by atoms with E-state index in [0.29, 0.717) is 6.54 Å². The zero-order valence-electron chi connectivity index (χ0n) is 11.7. The number of aromatic nitrogens is 1. The molecule has 1 heterocycles. The zero-order chi connectivity index (χ0) is 14.6. The van der Waals surface area contributed by atoms with E-state index in [1.807, 2.05) is 32.8 Å². The van der Waals surface area contributed by atoms with Gasteiger partial charge in [0.2, 0.25) is 15.6 Å². The van der Waals surface area contributed by atoms with Crippen LogP contribution in [-0.4, -0.2) is 45.0 Å². The van der Waals surface area contributed by atoms with Crippen LogP contribution in [0.1, 0.15) is 13.8 Å². The molecule has 0 aliphatic carbocycles. The summed E-state index contributed by atoms with van der Waals surface area (Å²) < 4.78 is 27.0. The number of hydrogen-bond donors (Lipinski definition) is 2. The largest absolute Gasteiger partial charge is 0.328 e. The smallest absolute Gasteiger partial charge is 0.247 e. The molecule has 2 N–H and O–H groups in total. The van der Waals surface area contributed by atoms with Crippen molar-refractivity contribution in [2.24, 2.45) is 5.92 Å². The molecule has 7 heteroatoms. The Balaban J connectivity index is 2.93. The maximum atomic E-state index is 12.2. The van der Waals surface area contributed by atoms with Gasteiger partial charge in [-0.05, 0) is 26.1 Å². The lowest BCUT2D eigenvalue weighted by Crippen LogP contribution is -2.44. The van der Waals surface area contributed by atoms with Crippen LogP contribution in [0.3, 0.4) is 0 Å². The van der Waals surface area contributed by atoms with Crippen molar-refractivity contribution in [3.8, 4) is 0 Å². The molecule has 1 rings (SSSR count). The van der Waals surface area contributed by atoms with Crippen LogP contribution in [0.2, 0.25) is 0 Å². The number of hydrogen-bond acceptors (Lipinski definition) is 4. The van der Waals surface area contributed by atoms with Crippen LogP contribution in [0.5, 0.6) is 0 Å². The molecular formula is C12H21N3O3S. The van der Waals surface area contributed by atoms with E-state index < -0.39 is 10.0 Å². The Morgan fingerprint density at radius 1 is 1.32 bits per heavy atom. The number of rotatable bonds is 6. The number of H-pyrrole nitrogens is 1. The lowest BCUT2D eigenvalue weighted by molar-refractivity contribution is 0.314. The molecule has 19 heavy (non-hydrogen) atoms. The van der Waals surface area contributed by atoms with E-state index in [4.69, 9.17) is 0 Å². The molecule has 0 spiro atoms. The number of likely N-dealkylation sites (N-methyl/N-ethyl adjacent to an activating group) is 1. The molecule has 0 aliphatic rings. The minimum Gasteiger partial charge on any atom is -0.328 e. The Hall–Kier alpha value is -1.18. The highest BCUT2D eigenvalue weighted by Crippen LogP contribution is 2.10. The summed E-state index contributed by atoms with van der Waals surface area (Å²) in [7, 11) is 0.171. The molecule has 0 radical (unpaired) electrons. The molecular weight excluding hydrogens is 266 g/mol. The fraction of sp³-hybridized carbons (Fsp3) is 0.583. The molecule has 0 fully saturated rings. The average Bonchev–Trinajstić information content (AvgIpc) is 2.27. The van der Waals surface area contributed by atoms with Crippen LogP contribution < -0.4 is 10.3 Å². The van der Waals surface area contributed by atoms with Gasteiger partial charge in [0.1, 0.15) is 0 Å². The first kappa shape index (κ1) is 15.9. The van der Waals surface area contributed by atoms with Gasteiger partial charge >= 0.3 is 0 Å². The van der Waals surface area contributed by atoms with Gasteiger partial charge in [0.25, 0.3) is 0 Å². The van der Waals surface area contributed by atoms with Gasteiger partial charge < -0.3 is 9.88 Å². The van der Waals surface area contributed by atoms with Gasteiger partial charge in [-0.15, -0.1) is 0 Å². The molecule has 0 saturated heterocycles. The quantitative estimate of drug-likeness (QED) is 0.785. The van der Waals surface area contributed by atoms with Crippen molar-refractivity contribution in [1.29, 1.82) is 0 Å². The van der Waals surface area contributed by atoms with E-state index in [9.17, 15) is 13.2 Å². The fourth-order valence-corrected chi connectivity index (χ4v) is 2.95. The van der Waals surface area contributed by atoms with Crippen LogP contribution in [-0.2, 0) is 10.0 Å². The number of aromatic amines is 1. The minimum absolute atomic E-state index is 0.0662. The van der Waals surface area contributed by atoms with Crippen LogP contribution in [0.15, 0.2) is 28.0 Å². The average molecular weight is 287 g/mol. The van der Waals surface area contributed by atoms with Gasteiger partial charge in [-0.25, -0.2) is 13.1 Å². The van der Waals surface area contributed by atoms with Crippen LogP contribution in [0.25, 0.3) is 0 Å². The summed E-state index contributed by atoms with van der Waals surface area (Å²) in [4.78, 5) is 15.3. The number of nitrogens with one attached hydrogen (secondary N) is 2. The van der Waals surface area contributed by atoms with Gasteiger partial charge in [-0.3, -0.25) is 4.79 Å². The highest BCUT2D eigenvalue weighted by atomic mass is 32.2. The van der Waals surface area contributed by atoms with Gasteiger partial charge in [0, 0.05) is 24.8 Å². The Morgan fingerprint density at radius 3 is 2.37 bits per heavy atom. The highest BCUT2D eigenvalue weighted by Gasteiger charge is 2.23. The molecule has 1 unspecified atom stereocenters. The summed E-state index contributed by atoms with van der Waals surface area (Å²) in [6, 6.07) is 2.31. The third-order valence-electron chi connectivity index (χ3n) is 2.74. The van der Waals surface area contributed by atoms with Crippen LogP contribution in [0, 0.1) is 5.92 Å². The van der Waals surface area contributed by atoms with E-state index in [1.165, 1.54) is 18.3 Å². The zero-order valence-corrected chi connectivity index (χ0v) is 12.5. The lowest BCUT2D eigenvalue weighted by Gasteiger charge is -2.25. The summed E-state index contributed by atoms with van der Waals surface area (Å²) in [6.07, 6.45) is 1.21. The summed E-state index contributed by atoms with van der Waals surface area (Å²) >= 11 is 0.